The zero-order valence-electron chi connectivity index (χ0n) is 11.6. The second kappa shape index (κ2) is 6.98. The second-order valence-corrected chi connectivity index (χ2v) is 7.09. The number of rotatable bonds is 5. The van der Waals surface area contributed by atoms with E-state index in [-0.39, 0.29) is 5.56 Å². The number of carboxylic acids is 1. The van der Waals surface area contributed by atoms with Gasteiger partial charge in [0.25, 0.3) is 0 Å². The lowest BCUT2D eigenvalue weighted by molar-refractivity contribution is 0.0695. The molecule has 0 amide bonds. The fourth-order valence-electron chi connectivity index (χ4n) is 1.92. The first-order valence-electron chi connectivity index (χ1n) is 6.31. The van der Waals surface area contributed by atoms with Crippen LogP contribution in [0.15, 0.2) is 32.0 Å². The third kappa shape index (κ3) is 3.70. The zero-order chi connectivity index (χ0) is 15.6. The summed E-state index contributed by atoms with van der Waals surface area (Å²) in [6, 6.07) is 5.36. The van der Waals surface area contributed by atoms with Gasteiger partial charge in [-0.05, 0) is 63.9 Å². The minimum Gasteiger partial charge on any atom is -0.478 e. The highest BCUT2D eigenvalue weighted by Crippen LogP contribution is 2.31. The van der Waals surface area contributed by atoms with Crippen LogP contribution in [0.4, 0.5) is 0 Å². The minimum atomic E-state index is -0.931. The van der Waals surface area contributed by atoms with Crippen LogP contribution in [0.1, 0.15) is 28.7 Å². The quantitative estimate of drug-likeness (QED) is 0.692. The standard InChI is InChI=1S/C14H14Br2N2O2S/c1-3-18-12(13(16)8(2)17-18)7-21-9-4-5-11(15)10(6-9)14(19)20/h4-6H,3,7H2,1-2H3,(H,19,20). The van der Waals surface area contributed by atoms with Gasteiger partial charge >= 0.3 is 5.97 Å². The maximum absolute atomic E-state index is 11.1. The van der Waals surface area contributed by atoms with E-state index in [0.717, 1.165) is 33.1 Å². The molecule has 2 rings (SSSR count). The molecule has 1 heterocycles. The molecule has 0 atom stereocenters. The van der Waals surface area contributed by atoms with Crippen molar-refractivity contribution in [3.63, 3.8) is 0 Å². The van der Waals surface area contributed by atoms with E-state index in [9.17, 15) is 4.79 Å². The summed E-state index contributed by atoms with van der Waals surface area (Å²) < 4.78 is 3.58. The Morgan fingerprint density at radius 2 is 2.14 bits per heavy atom. The van der Waals surface area contributed by atoms with E-state index in [1.807, 2.05) is 17.7 Å². The summed E-state index contributed by atoms with van der Waals surface area (Å²) in [7, 11) is 0. The molecule has 0 aliphatic rings. The monoisotopic (exact) mass is 432 g/mol. The molecule has 0 aliphatic carbocycles. The number of aromatic nitrogens is 2. The van der Waals surface area contributed by atoms with Crippen LogP contribution in [0.2, 0.25) is 0 Å². The van der Waals surface area contributed by atoms with Gasteiger partial charge in [-0.2, -0.15) is 5.10 Å². The molecule has 7 heteroatoms. The SMILES string of the molecule is CCn1nc(C)c(Br)c1CSc1ccc(Br)c(C(=O)O)c1. The topological polar surface area (TPSA) is 55.1 Å². The van der Waals surface area contributed by atoms with Gasteiger partial charge in [-0.1, -0.05) is 0 Å². The van der Waals surface area contributed by atoms with Crippen LogP contribution >= 0.6 is 43.6 Å². The molecule has 0 spiro atoms. The molecule has 0 unspecified atom stereocenters. The highest BCUT2D eigenvalue weighted by atomic mass is 79.9. The number of carbonyl (C=O) groups is 1. The van der Waals surface area contributed by atoms with Crippen molar-refractivity contribution in [1.82, 2.24) is 9.78 Å². The highest BCUT2D eigenvalue weighted by molar-refractivity contribution is 9.10. The first kappa shape index (κ1) is 16.6. The molecular formula is C14H14Br2N2O2S. The molecule has 1 aromatic heterocycles. The van der Waals surface area contributed by atoms with Gasteiger partial charge in [-0.3, -0.25) is 4.68 Å². The van der Waals surface area contributed by atoms with Crippen molar-refractivity contribution in [3.8, 4) is 0 Å². The smallest absolute Gasteiger partial charge is 0.336 e. The van der Waals surface area contributed by atoms with E-state index in [1.54, 1.807) is 23.9 Å². The van der Waals surface area contributed by atoms with Gasteiger partial charge in [0.05, 0.1) is 21.4 Å². The van der Waals surface area contributed by atoms with E-state index < -0.39 is 5.97 Å². The number of thioether (sulfide) groups is 1. The normalized spacial score (nSPS) is 10.9. The van der Waals surface area contributed by atoms with Crippen LogP contribution in [0.5, 0.6) is 0 Å². The number of aryl methyl sites for hydroxylation is 2. The lowest BCUT2D eigenvalue weighted by atomic mass is 10.2. The van der Waals surface area contributed by atoms with Gasteiger partial charge in [-0.25, -0.2) is 4.79 Å². The van der Waals surface area contributed by atoms with Crippen LogP contribution in [0, 0.1) is 6.92 Å². The van der Waals surface area contributed by atoms with Crippen molar-refractivity contribution in [3.05, 3.63) is 44.1 Å². The van der Waals surface area contributed by atoms with Crippen molar-refractivity contribution < 1.29 is 9.90 Å². The van der Waals surface area contributed by atoms with Crippen LogP contribution in [-0.4, -0.2) is 20.9 Å². The van der Waals surface area contributed by atoms with Gasteiger partial charge in [0.1, 0.15) is 0 Å². The van der Waals surface area contributed by atoms with Crippen LogP contribution in [0.25, 0.3) is 0 Å². The summed E-state index contributed by atoms with van der Waals surface area (Å²) in [4.78, 5) is 12.1. The summed E-state index contributed by atoms with van der Waals surface area (Å²) in [6.07, 6.45) is 0. The summed E-state index contributed by atoms with van der Waals surface area (Å²) in [5.74, 6) is -0.199. The first-order chi connectivity index (χ1) is 9.93. The van der Waals surface area contributed by atoms with E-state index in [2.05, 4.69) is 43.9 Å². The number of hydrogen-bond acceptors (Lipinski definition) is 3. The number of aromatic carboxylic acids is 1. The predicted molar refractivity (Wildman–Crippen MR) is 91.0 cm³/mol. The Morgan fingerprint density at radius 1 is 1.43 bits per heavy atom. The fourth-order valence-corrected chi connectivity index (χ4v) is 3.90. The Hall–Kier alpha value is -0.790. The molecule has 1 aromatic carbocycles. The van der Waals surface area contributed by atoms with Crippen molar-refractivity contribution in [2.75, 3.05) is 0 Å². The molecule has 0 aliphatic heterocycles. The maximum atomic E-state index is 11.1. The highest BCUT2D eigenvalue weighted by Gasteiger charge is 2.14. The van der Waals surface area contributed by atoms with Gasteiger partial charge < -0.3 is 5.11 Å². The Kier molecular flexibility index (Phi) is 5.51. The van der Waals surface area contributed by atoms with Gasteiger partial charge in [0.2, 0.25) is 0 Å². The van der Waals surface area contributed by atoms with Crippen molar-refractivity contribution in [1.29, 1.82) is 0 Å². The summed E-state index contributed by atoms with van der Waals surface area (Å²) >= 11 is 8.42. The summed E-state index contributed by atoms with van der Waals surface area (Å²) in [5, 5.41) is 13.6. The predicted octanol–water partition coefficient (Wildman–Crippen LogP) is 4.73. The summed E-state index contributed by atoms with van der Waals surface area (Å²) in [6.45, 7) is 4.82. The van der Waals surface area contributed by atoms with Gasteiger partial charge in [0.15, 0.2) is 0 Å². The molecule has 0 radical (unpaired) electrons. The molecule has 4 nitrogen and oxygen atoms in total. The number of halogens is 2. The van der Waals surface area contributed by atoms with Crippen molar-refractivity contribution in [2.24, 2.45) is 0 Å². The fraction of sp³-hybridized carbons (Fsp3) is 0.286. The maximum Gasteiger partial charge on any atom is 0.336 e. The average molecular weight is 434 g/mol. The Labute approximate surface area is 144 Å². The molecule has 21 heavy (non-hydrogen) atoms. The third-order valence-corrected chi connectivity index (χ3v) is 5.72. The lowest BCUT2D eigenvalue weighted by Crippen LogP contribution is -2.02. The largest absolute Gasteiger partial charge is 0.478 e. The third-order valence-electron chi connectivity index (χ3n) is 3.00. The van der Waals surface area contributed by atoms with E-state index in [0.29, 0.717) is 4.47 Å². The molecule has 0 bridgehead atoms. The van der Waals surface area contributed by atoms with Crippen LogP contribution < -0.4 is 0 Å². The molecule has 0 saturated heterocycles. The number of nitrogens with zero attached hydrogens (tertiary/aromatic N) is 2. The van der Waals surface area contributed by atoms with Gasteiger partial charge in [0, 0.05) is 21.7 Å². The number of carboxylic acid groups (broad SMARTS) is 1. The molecule has 0 fully saturated rings. The molecule has 1 N–H and O–H groups in total. The molecule has 0 saturated carbocycles. The molecule has 112 valence electrons. The Balaban J connectivity index is 2.21. The minimum absolute atomic E-state index is 0.277. The van der Waals surface area contributed by atoms with Gasteiger partial charge in [-0.15, -0.1) is 11.8 Å². The number of benzene rings is 1. The molecule has 2 aromatic rings. The first-order valence-corrected chi connectivity index (χ1v) is 8.88. The summed E-state index contributed by atoms with van der Waals surface area (Å²) in [5.41, 5.74) is 2.36. The van der Waals surface area contributed by atoms with Crippen molar-refractivity contribution >= 4 is 49.6 Å². The van der Waals surface area contributed by atoms with Crippen LogP contribution in [0.3, 0.4) is 0 Å². The zero-order valence-corrected chi connectivity index (χ0v) is 15.5. The van der Waals surface area contributed by atoms with E-state index in [1.165, 1.54) is 0 Å². The van der Waals surface area contributed by atoms with E-state index >= 15 is 0 Å². The molecular weight excluding hydrogens is 420 g/mol. The number of hydrogen-bond donors (Lipinski definition) is 1. The Bertz CT molecular complexity index is 686. The average Bonchev–Trinajstić information content (AvgIpc) is 2.73. The van der Waals surface area contributed by atoms with Crippen LogP contribution in [-0.2, 0) is 12.3 Å². The second-order valence-electron chi connectivity index (χ2n) is 4.40. The van der Waals surface area contributed by atoms with Crippen molar-refractivity contribution in [2.45, 2.75) is 31.0 Å². The Morgan fingerprint density at radius 3 is 2.76 bits per heavy atom. The van der Waals surface area contributed by atoms with E-state index in [4.69, 9.17) is 5.11 Å². The lowest BCUT2D eigenvalue weighted by Gasteiger charge is -2.07.